The van der Waals surface area contributed by atoms with Crippen molar-refractivity contribution in [1.29, 1.82) is 0 Å². The van der Waals surface area contributed by atoms with Gasteiger partial charge in [0.15, 0.2) is 0 Å². The van der Waals surface area contributed by atoms with Gasteiger partial charge in [-0.2, -0.15) is 0 Å². The highest BCUT2D eigenvalue weighted by atomic mass is 32.2. The zero-order valence-corrected chi connectivity index (χ0v) is 20.9. The largest absolute Gasteiger partial charge is 0.382 e. The van der Waals surface area contributed by atoms with Crippen molar-refractivity contribution in [1.82, 2.24) is 24.1 Å². The first kappa shape index (κ1) is 22.9. The second-order valence-corrected chi connectivity index (χ2v) is 11.6. The molecule has 1 saturated carbocycles. The molecule has 36 heavy (non-hydrogen) atoms. The topological polar surface area (TPSA) is 115 Å². The van der Waals surface area contributed by atoms with E-state index < -0.39 is 10.0 Å². The Morgan fingerprint density at radius 2 is 1.97 bits per heavy atom. The maximum absolute atomic E-state index is 11.4. The third-order valence-electron chi connectivity index (χ3n) is 7.10. The minimum atomic E-state index is -3.19. The average Bonchev–Trinajstić information content (AvgIpc) is 3.23. The number of nitrogens with zero attached hydrogens (tertiary/aromatic N) is 4. The van der Waals surface area contributed by atoms with Crippen molar-refractivity contribution in [2.75, 3.05) is 18.5 Å². The number of nitrogens with one attached hydrogen (secondary N) is 1. The molecule has 2 aliphatic carbocycles. The molecule has 0 spiro atoms. The zero-order valence-electron chi connectivity index (χ0n) is 20.1. The minimum Gasteiger partial charge on any atom is -0.382 e. The third kappa shape index (κ3) is 4.29. The van der Waals surface area contributed by atoms with E-state index in [4.69, 9.17) is 15.7 Å². The number of nitrogen functional groups attached to an aromatic ring is 1. The molecule has 0 radical (unpaired) electrons. The summed E-state index contributed by atoms with van der Waals surface area (Å²) in [5, 5.41) is 1.07. The number of hydrogen-bond donors (Lipinski definition) is 2. The highest BCUT2D eigenvalue weighted by molar-refractivity contribution is 7.88. The number of hydrogen-bond acceptors (Lipinski definition) is 6. The molecule has 0 atom stereocenters. The Labute approximate surface area is 210 Å². The summed E-state index contributed by atoms with van der Waals surface area (Å²) >= 11 is 0. The molecule has 0 saturated heterocycles. The third-order valence-corrected chi connectivity index (χ3v) is 7.79. The lowest BCUT2D eigenvalue weighted by Gasteiger charge is -2.34. The van der Waals surface area contributed by atoms with Crippen LogP contribution in [-0.2, 0) is 10.0 Å². The zero-order chi connectivity index (χ0) is 24.9. The van der Waals surface area contributed by atoms with Crippen molar-refractivity contribution in [2.24, 2.45) is 5.92 Å². The lowest BCUT2D eigenvalue weighted by atomic mass is 9.74. The van der Waals surface area contributed by atoms with Gasteiger partial charge in [-0.05, 0) is 49.3 Å². The molecule has 0 aliphatic heterocycles. The summed E-state index contributed by atoms with van der Waals surface area (Å²) in [6.07, 6.45) is 15.2. The van der Waals surface area contributed by atoms with Crippen molar-refractivity contribution < 1.29 is 8.42 Å². The molecule has 9 heteroatoms. The van der Waals surface area contributed by atoms with E-state index in [0.717, 1.165) is 70.5 Å². The van der Waals surface area contributed by atoms with Crippen LogP contribution in [-0.4, -0.2) is 40.6 Å². The number of sulfonamides is 1. The van der Waals surface area contributed by atoms with Gasteiger partial charge in [0.1, 0.15) is 22.9 Å². The molecule has 0 unspecified atom stereocenters. The summed E-state index contributed by atoms with van der Waals surface area (Å²) < 4.78 is 27.5. The Morgan fingerprint density at radius 3 is 2.75 bits per heavy atom. The predicted octanol–water partition coefficient (Wildman–Crippen LogP) is 4.30. The molecule has 8 nitrogen and oxygen atoms in total. The van der Waals surface area contributed by atoms with E-state index in [9.17, 15) is 8.42 Å². The lowest BCUT2D eigenvalue weighted by Crippen LogP contribution is -2.35. The van der Waals surface area contributed by atoms with Crippen LogP contribution in [0.1, 0.15) is 43.1 Å². The average molecular weight is 501 g/mol. The Balaban J connectivity index is 1.36. The quantitative estimate of drug-likeness (QED) is 0.408. The van der Waals surface area contributed by atoms with E-state index in [2.05, 4.69) is 58.3 Å². The molecule has 6 rings (SSSR count). The predicted molar refractivity (Wildman–Crippen MR) is 143 cm³/mol. The summed E-state index contributed by atoms with van der Waals surface area (Å²) in [6.45, 7) is 0.458. The molecular formula is C27H28N6O2S. The van der Waals surface area contributed by atoms with E-state index in [0.29, 0.717) is 18.3 Å². The Kier molecular flexibility index (Phi) is 5.61. The summed E-state index contributed by atoms with van der Waals surface area (Å²) in [5.74, 6) is 1.89. The van der Waals surface area contributed by atoms with Gasteiger partial charge in [0, 0.05) is 35.8 Å². The van der Waals surface area contributed by atoms with Crippen LogP contribution in [0.3, 0.4) is 0 Å². The van der Waals surface area contributed by atoms with Crippen molar-refractivity contribution >= 4 is 37.8 Å². The Hall–Kier alpha value is -3.56. The van der Waals surface area contributed by atoms with Crippen molar-refractivity contribution in [3.8, 4) is 11.3 Å². The van der Waals surface area contributed by atoms with Gasteiger partial charge in [-0.1, -0.05) is 36.4 Å². The van der Waals surface area contributed by atoms with Gasteiger partial charge in [0.25, 0.3) is 0 Å². The smallest absolute Gasteiger partial charge is 0.208 e. The molecule has 2 aliphatic rings. The first-order valence-corrected chi connectivity index (χ1v) is 14.1. The molecule has 1 fully saturated rings. The second kappa shape index (κ2) is 8.83. The fourth-order valence-electron chi connectivity index (χ4n) is 5.19. The molecule has 1 aromatic carbocycles. The molecule has 3 N–H and O–H groups in total. The maximum Gasteiger partial charge on any atom is 0.208 e. The number of benzene rings is 1. The first-order chi connectivity index (χ1) is 17.4. The van der Waals surface area contributed by atoms with E-state index in [-0.39, 0.29) is 5.92 Å². The number of fused-ring (bicyclic) bond motifs is 2. The Bertz CT molecular complexity index is 1650. The molecule has 3 heterocycles. The standard InChI is InChI=1S/C27H28N6O2S/c1-36(34,35)30-16-17-13-21(14-17)27-32-24(25-26(28)29-11-12-33(25)27)20-8-7-19-9-10-22(31-23(19)15-20)18-5-3-2-4-6-18/h3,5-12,15,17,21,30H,2,4,13-14,16H2,1H3,(H2,28,29). The fourth-order valence-corrected chi connectivity index (χ4v) is 5.73. The van der Waals surface area contributed by atoms with Crippen LogP contribution >= 0.6 is 0 Å². The number of anilines is 1. The number of nitrogens with two attached hydrogens (primary N) is 1. The number of allylic oxidation sites excluding steroid dienone is 4. The van der Waals surface area contributed by atoms with Gasteiger partial charge in [-0.25, -0.2) is 28.1 Å². The number of aromatic nitrogens is 4. The molecule has 4 aromatic rings. The highest BCUT2D eigenvalue weighted by Crippen LogP contribution is 2.43. The number of pyridine rings is 1. The lowest BCUT2D eigenvalue weighted by molar-refractivity contribution is 0.256. The van der Waals surface area contributed by atoms with Crippen LogP contribution in [0.2, 0.25) is 0 Å². The minimum absolute atomic E-state index is 0.231. The van der Waals surface area contributed by atoms with E-state index in [1.807, 2.05) is 10.6 Å². The molecule has 3 aromatic heterocycles. The molecule has 184 valence electrons. The number of rotatable bonds is 6. The van der Waals surface area contributed by atoms with Gasteiger partial charge in [-0.15, -0.1) is 0 Å². The van der Waals surface area contributed by atoms with Gasteiger partial charge >= 0.3 is 0 Å². The highest BCUT2D eigenvalue weighted by Gasteiger charge is 2.34. The second-order valence-electron chi connectivity index (χ2n) is 9.75. The van der Waals surface area contributed by atoms with Gasteiger partial charge in [0.05, 0.1) is 17.5 Å². The number of imidazole rings is 1. The Morgan fingerprint density at radius 1 is 1.14 bits per heavy atom. The van der Waals surface area contributed by atoms with Crippen LogP contribution in [0, 0.1) is 5.92 Å². The van der Waals surface area contributed by atoms with Gasteiger partial charge in [-0.3, -0.25) is 4.40 Å². The van der Waals surface area contributed by atoms with Crippen LogP contribution in [0.15, 0.2) is 61.0 Å². The van der Waals surface area contributed by atoms with Crippen LogP contribution < -0.4 is 10.5 Å². The summed E-state index contributed by atoms with van der Waals surface area (Å²) in [4.78, 5) is 14.3. The van der Waals surface area contributed by atoms with Crippen molar-refractivity contribution in [3.05, 3.63) is 72.5 Å². The molecular weight excluding hydrogens is 472 g/mol. The summed E-state index contributed by atoms with van der Waals surface area (Å²) in [5.41, 5.74) is 11.9. The van der Waals surface area contributed by atoms with Crippen LogP contribution in [0.4, 0.5) is 5.82 Å². The van der Waals surface area contributed by atoms with E-state index in [1.165, 1.54) is 6.26 Å². The van der Waals surface area contributed by atoms with Crippen LogP contribution in [0.25, 0.3) is 33.3 Å². The monoisotopic (exact) mass is 500 g/mol. The van der Waals surface area contributed by atoms with Crippen molar-refractivity contribution in [2.45, 2.75) is 31.6 Å². The normalized spacial score (nSPS) is 20.0. The first-order valence-electron chi connectivity index (χ1n) is 12.2. The maximum atomic E-state index is 11.4. The van der Waals surface area contributed by atoms with E-state index in [1.54, 1.807) is 6.20 Å². The summed E-state index contributed by atoms with van der Waals surface area (Å²) in [6, 6.07) is 10.4. The molecule has 0 bridgehead atoms. The van der Waals surface area contributed by atoms with E-state index >= 15 is 0 Å². The summed E-state index contributed by atoms with van der Waals surface area (Å²) in [7, 11) is -3.19. The molecule has 0 amide bonds. The van der Waals surface area contributed by atoms with Gasteiger partial charge in [0.2, 0.25) is 10.0 Å². The van der Waals surface area contributed by atoms with Crippen molar-refractivity contribution in [3.63, 3.8) is 0 Å². The van der Waals surface area contributed by atoms with Crippen LogP contribution in [0.5, 0.6) is 0 Å². The van der Waals surface area contributed by atoms with Gasteiger partial charge < -0.3 is 5.73 Å². The fraction of sp³-hybridized carbons (Fsp3) is 0.296. The SMILES string of the molecule is CS(=O)(=O)NCC1CC(c2nc(-c3ccc4ccc(C5=CCCC=C5)nc4c3)c3c(N)nccn23)C1.